The van der Waals surface area contributed by atoms with Crippen LogP contribution in [0.1, 0.15) is 38.3 Å². The molecule has 4 nitrogen and oxygen atoms in total. The first-order valence-electron chi connectivity index (χ1n) is 7.85. The fraction of sp³-hybridized carbons (Fsp3) is 0.625. The monoisotopic (exact) mass is 310 g/mol. The van der Waals surface area contributed by atoms with E-state index in [-0.39, 0.29) is 5.75 Å². The van der Waals surface area contributed by atoms with Crippen molar-refractivity contribution >= 4 is 15.5 Å². The predicted molar refractivity (Wildman–Crippen MR) is 88.6 cm³/mol. The second-order valence-electron chi connectivity index (χ2n) is 5.53. The number of rotatable bonds is 7. The van der Waals surface area contributed by atoms with Gasteiger partial charge in [-0.3, -0.25) is 0 Å². The molecule has 0 radical (unpaired) electrons. The van der Waals surface area contributed by atoms with Crippen LogP contribution in [0, 0.1) is 0 Å². The van der Waals surface area contributed by atoms with Gasteiger partial charge in [0.05, 0.1) is 5.75 Å². The lowest BCUT2D eigenvalue weighted by molar-refractivity contribution is 0.489. The smallest absolute Gasteiger partial charge is 0.150 e. The van der Waals surface area contributed by atoms with Crippen molar-refractivity contribution in [3.05, 3.63) is 29.8 Å². The molecule has 2 rings (SSSR count). The Morgan fingerprint density at radius 3 is 2.76 bits per heavy atom. The van der Waals surface area contributed by atoms with Crippen LogP contribution in [-0.4, -0.2) is 39.6 Å². The maximum atomic E-state index is 11.6. The molecule has 1 heterocycles. The standard InChI is InChI=1S/C16H26N2O2S/c1-3-17-15-10-12-18(11-7-13-21(19,20)4-2)16-9-6-5-8-14(15)16/h5-6,8-9,15,17H,3-4,7,10-13H2,1-2H3. The van der Waals surface area contributed by atoms with Gasteiger partial charge in [0.1, 0.15) is 9.84 Å². The Hall–Kier alpha value is -1.07. The highest BCUT2D eigenvalue weighted by Gasteiger charge is 2.23. The predicted octanol–water partition coefficient (Wildman–Crippen LogP) is 2.37. The van der Waals surface area contributed by atoms with Gasteiger partial charge in [0.25, 0.3) is 0 Å². The summed E-state index contributed by atoms with van der Waals surface area (Å²) >= 11 is 0. The number of hydrogen-bond donors (Lipinski definition) is 1. The van der Waals surface area contributed by atoms with Crippen molar-refractivity contribution in [3.63, 3.8) is 0 Å². The largest absolute Gasteiger partial charge is 0.371 e. The molecule has 21 heavy (non-hydrogen) atoms. The Bertz CT molecular complexity index is 557. The topological polar surface area (TPSA) is 49.4 Å². The maximum Gasteiger partial charge on any atom is 0.150 e. The van der Waals surface area contributed by atoms with Gasteiger partial charge in [0.2, 0.25) is 0 Å². The summed E-state index contributed by atoms with van der Waals surface area (Å²) in [6, 6.07) is 8.88. The van der Waals surface area contributed by atoms with Crippen molar-refractivity contribution in [2.24, 2.45) is 0 Å². The van der Waals surface area contributed by atoms with Crippen molar-refractivity contribution in [1.29, 1.82) is 0 Å². The Morgan fingerprint density at radius 2 is 2.05 bits per heavy atom. The van der Waals surface area contributed by atoms with Crippen molar-refractivity contribution in [1.82, 2.24) is 5.32 Å². The van der Waals surface area contributed by atoms with E-state index >= 15 is 0 Å². The molecule has 1 atom stereocenters. The Morgan fingerprint density at radius 1 is 1.29 bits per heavy atom. The second-order valence-corrected chi connectivity index (χ2v) is 8.01. The number of nitrogens with zero attached hydrogens (tertiary/aromatic N) is 1. The van der Waals surface area contributed by atoms with E-state index in [2.05, 4.69) is 41.4 Å². The highest BCUT2D eigenvalue weighted by atomic mass is 32.2. The van der Waals surface area contributed by atoms with Crippen LogP contribution in [-0.2, 0) is 9.84 Å². The zero-order chi connectivity index (χ0) is 15.3. The zero-order valence-corrected chi connectivity index (χ0v) is 13.8. The van der Waals surface area contributed by atoms with Gasteiger partial charge >= 0.3 is 0 Å². The normalized spacial score (nSPS) is 18.6. The summed E-state index contributed by atoms with van der Waals surface area (Å²) in [5, 5.41) is 3.53. The van der Waals surface area contributed by atoms with Crippen molar-refractivity contribution in [2.75, 3.05) is 36.0 Å². The zero-order valence-electron chi connectivity index (χ0n) is 13.0. The molecule has 0 saturated heterocycles. The van der Waals surface area contributed by atoms with Gasteiger partial charge in [-0.2, -0.15) is 0 Å². The molecule has 0 saturated carbocycles. The first kappa shape index (κ1) is 16.3. The van der Waals surface area contributed by atoms with Gasteiger partial charge in [-0.05, 0) is 31.0 Å². The third-order valence-corrected chi connectivity index (χ3v) is 5.90. The van der Waals surface area contributed by atoms with E-state index in [1.54, 1.807) is 6.92 Å². The van der Waals surface area contributed by atoms with E-state index in [1.165, 1.54) is 11.3 Å². The average molecular weight is 310 g/mol. The van der Waals surface area contributed by atoms with Crippen molar-refractivity contribution in [2.45, 2.75) is 32.7 Å². The molecule has 1 N–H and O–H groups in total. The fourth-order valence-electron chi connectivity index (χ4n) is 2.94. The number of para-hydroxylation sites is 1. The minimum Gasteiger partial charge on any atom is -0.371 e. The van der Waals surface area contributed by atoms with Crippen LogP contribution < -0.4 is 10.2 Å². The number of sulfone groups is 1. The summed E-state index contributed by atoms with van der Waals surface area (Å²) < 4.78 is 23.2. The van der Waals surface area contributed by atoms with E-state index in [1.807, 2.05) is 0 Å². The highest BCUT2D eigenvalue weighted by molar-refractivity contribution is 7.91. The molecule has 1 aromatic carbocycles. The van der Waals surface area contributed by atoms with Gasteiger partial charge < -0.3 is 10.2 Å². The summed E-state index contributed by atoms with van der Waals surface area (Å²) in [4.78, 5) is 2.33. The van der Waals surface area contributed by atoms with Crippen LogP contribution >= 0.6 is 0 Å². The molecule has 118 valence electrons. The Labute approximate surface area is 128 Å². The molecule has 5 heteroatoms. The Balaban J connectivity index is 2.04. The number of fused-ring (bicyclic) bond motifs is 1. The molecular formula is C16H26N2O2S. The second kappa shape index (κ2) is 7.27. The molecule has 0 amide bonds. The summed E-state index contributed by atoms with van der Waals surface area (Å²) in [6.45, 7) is 6.61. The molecule has 0 spiro atoms. The lowest BCUT2D eigenvalue weighted by Gasteiger charge is -2.36. The van der Waals surface area contributed by atoms with Crippen molar-refractivity contribution in [3.8, 4) is 0 Å². The van der Waals surface area contributed by atoms with Crippen LogP contribution in [0.4, 0.5) is 5.69 Å². The first-order chi connectivity index (χ1) is 10.1. The molecule has 1 unspecified atom stereocenters. The van der Waals surface area contributed by atoms with Crippen LogP contribution in [0.5, 0.6) is 0 Å². The minimum atomic E-state index is -2.86. The summed E-state index contributed by atoms with van der Waals surface area (Å²) in [7, 11) is -2.86. The van der Waals surface area contributed by atoms with Crippen molar-refractivity contribution < 1.29 is 8.42 Å². The summed E-state index contributed by atoms with van der Waals surface area (Å²) in [6.07, 6.45) is 1.78. The Kier molecular flexibility index (Phi) is 5.65. The molecule has 1 aromatic rings. The third-order valence-electron chi connectivity index (χ3n) is 4.11. The first-order valence-corrected chi connectivity index (χ1v) is 9.67. The lowest BCUT2D eigenvalue weighted by atomic mass is 9.96. The van der Waals surface area contributed by atoms with Crippen LogP contribution in [0.2, 0.25) is 0 Å². The van der Waals surface area contributed by atoms with Gasteiger partial charge in [0.15, 0.2) is 0 Å². The van der Waals surface area contributed by atoms with Gasteiger partial charge in [-0.15, -0.1) is 0 Å². The average Bonchev–Trinajstić information content (AvgIpc) is 2.49. The van der Waals surface area contributed by atoms with Crippen LogP contribution in [0.3, 0.4) is 0 Å². The van der Waals surface area contributed by atoms with Gasteiger partial charge in [-0.25, -0.2) is 8.42 Å². The minimum absolute atomic E-state index is 0.242. The molecular weight excluding hydrogens is 284 g/mol. The molecule has 0 fully saturated rings. The molecule has 1 aliphatic rings. The SMILES string of the molecule is CCNC1CCN(CCCS(=O)(=O)CC)c2ccccc21. The lowest BCUT2D eigenvalue weighted by Crippen LogP contribution is -2.36. The van der Waals surface area contributed by atoms with Crippen LogP contribution in [0.25, 0.3) is 0 Å². The van der Waals surface area contributed by atoms with Gasteiger partial charge in [0, 0.05) is 30.6 Å². The molecule has 0 aliphatic carbocycles. The molecule has 1 aliphatic heterocycles. The number of anilines is 1. The number of nitrogens with one attached hydrogen (secondary N) is 1. The quantitative estimate of drug-likeness (QED) is 0.840. The fourth-order valence-corrected chi connectivity index (χ4v) is 3.80. The van der Waals surface area contributed by atoms with E-state index in [9.17, 15) is 8.42 Å². The molecule has 0 aromatic heterocycles. The summed E-state index contributed by atoms with van der Waals surface area (Å²) in [5.74, 6) is 0.533. The molecule has 0 bridgehead atoms. The number of benzene rings is 1. The van der Waals surface area contributed by atoms with Crippen LogP contribution in [0.15, 0.2) is 24.3 Å². The summed E-state index contributed by atoms with van der Waals surface area (Å²) in [5.41, 5.74) is 2.59. The van der Waals surface area contributed by atoms with Gasteiger partial charge in [-0.1, -0.05) is 32.0 Å². The maximum absolute atomic E-state index is 11.6. The highest BCUT2D eigenvalue weighted by Crippen LogP contribution is 2.33. The third kappa shape index (κ3) is 4.20. The van der Waals surface area contributed by atoms with E-state index in [0.717, 1.165) is 26.1 Å². The van der Waals surface area contributed by atoms with E-state index in [4.69, 9.17) is 0 Å². The van der Waals surface area contributed by atoms with E-state index in [0.29, 0.717) is 18.2 Å². The number of hydrogen-bond acceptors (Lipinski definition) is 4. The van der Waals surface area contributed by atoms with E-state index < -0.39 is 9.84 Å².